The summed E-state index contributed by atoms with van der Waals surface area (Å²) in [6.45, 7) is 6.66. The zero-order valence-electron chi connectivity index (χ0n) is 24.7. The van der Waals surface area contributed by atoms with Crippen LogP contribution in [0.25, 0.3) is 0 Å². The molecule has 0 amide bonds. The van der Waals surface area contributed by atoms with Gasteiger partial charge in [-0.2, -0.15) is 0 Å². The van der Waals surface area contributed by atoms with E-state index in [0.717, 1.165) is 38.5 Å². The summed E-state index contributed by atoms with van der Waals surface area (Å²) in [5.74, 6) is -1.33. The van der Waals surface area contributed by atoms with Crippen LogP contribution >= 0.6 is 0 Å². The molecule has 0 radical (unpaired) electrons. The Kier molecular flexibility index (Phi) is 32.9. The maximum Gasteiger partial charge on any atom is 0.306 e. The first-order valence-electron chi connectivity index (χ1n) is 15.9. The summed E-state index contributed by atoms with van der Waals surface area (Å²) in [4.78, 5) is 21.4. The van der Waals surface area contributed by atoms with E-state index in [9.17, 15) is 14.7 Å². The second-order valence-corrected chi connectivity index (χ2v) is 10.8. The third-order valence-electron chi connectivity index (χ3n) is 7.16. The minimum atomic E-state index is -0.655. The van der Waals surface area contributed by atoms with E-state index in [-0.39, 0.29) is 5.92 Å². The molecule has 0 saturated carbocycles. The molecule has 0 aromatic carbocycles. The first kappa shape index (κ1) is 37.1. The van der Waals surface area contributed by atoms with E-state index in [4.69, 9.17) is 5.11 Å². The van der Waals surface area contributed by atoms with Gasteiger partial charge in [-0.1, -0.05) is 162 Å². The Morgan fingerprint density at radius 3 is 1.03 bits per heavy atom. The van der Waals surface area contributed by atoms with Crippen LogP contribution in [-0.4, -0.2) is 22.2 Å². The van der Waals surface area contributed by atoms with E-state index in [0.29, 0.717) is 6.42 Å². The summed E-state index contributed by atoms with van der Waals surface area (Å²) >= 11 is 0. The van der Waals surface area contributed by atoms with Crippen molar-refractivity contribution in [3.05, 3.63) is 0 Å². The molecule has 0 rings (SSSR count). The summed E-state index contributed by atoms with van der Waals surface area (Å²) in [7, 11) is 0. The summed E-state index contributed by atoms with van der Waals surface area (Å²) in [6, 6.07) is 0. The van der Waals surface area contributed by atoms with E-state index in [1.54, 1.807) is 0 Å². The van der Waals surface area contributed by atoms with Gasteiger partial charge in [0, 0.05) is 6.42 Å². The topological polar surface area (TPSA) is 74.6 Å². The highest BCUT2D eigenvalue weighted by atomic mass is 16.4. The molecule has 0 aliphatic carbocycles. The number of unbranched alkanes of at least 4 members (excludes halogenated alkanes) is 20. The maximum absolute atomic E-state index is 11.1. The Hall–Kier alpha value is -1.06. The normalized spacial score (nSPS) is 11.6. The smallest absolute Gasteiger partial charge is 0.306 e. The predicted octanol–water partition coefficient (Wildman–Crippen LogP) is 11.0. The quantitative estimate of drug-likeness (QED) is 0.107. The highest BCUT2D eigenvalue weighted by Crippen LogP contribution is 2.19. The van der Waals surface area contributed by atoms with Gasteiger partial charge in [0.1, 0.15) is 0 Å². The summed E-state index contributed by atoms with van der Waals surface area (Å²) in [5.41, 5.74) is 0. The Bertz CT molecular complexity index is 449. The third kappa shape index (κ3) is 32.9. The van der Waals surface area contributed by atoms with Gasteiger partial charge in [-0.15, -0.1) is 0 Å². The fraction of sp³-hybridized carbons (Fsp3) is 0.938. The average Bonchev–Trinajstić information content (AvgIpc) is 2.85. The average molecular weight is 513 g/mol. The predicted molar refractivity (Wildman–Crippen MR) is 156 cm³/mol. The molecule has 0 aromatic heterocycles. The van der Waals surface area contributed by atoms with Crippen molar-refractivity contribution >= 4 is 11.9 Å². The van der Waals surface area contributed by atoms with Gasteiger partial charge in [0.05, 0.1) is 5.92 Å². The van der Waals surface area contributed by atoms with Gasteiger partial charge in [0.15, 0.2) is 0 Å². The summed E-state index contributed by atoms with van der Waals surface area (Å²) in [5, 5.41) is 17.7. The van der Waals surface area contributed by atoms with Crippen LogP contribution in [-0.2, 0) is 9.59 Å². The summed E-state index contributed by atoms with van der Waals surface area (Å²) in [6.07, 6.45) is 31.2. The Labute approximate surface area is 225 Å². The SMILES string of the molecule is CCCCCCCCC(CCCCCC)C(=O)O.CCCCCCCCCCCCCCCC(=O)O. The standard InChI is InChI=1S/2C16H32O2/c1-3-5-7-9-10-12-14-15(16(17)18)13-11-8-6-4-2;1-2-3-4-5-6-7-8-9-10-11-12-13-14-15-16(17)18/h15H,3-14H2,1-2H3,(H,17,18);2-15H2,1H3,(H,17,18). The molecule has 4 nitrogen and oxygen atoms in total. The van der Waals surface area contributed by atoms with Gasteiger partial charge in [-0.25, -0.2) is 0 Å². The van der Waals surface area contributed by atoms with E-state index in [1.165, 1.54) is 122 Å². The Morgan fingerprint density at radius 1 is 0.444 bits per heavy atom. The van der Waals surface area contributed by atoms with Crippen LogP contribution in [0, 0.1) is 5.92 Å². The van der Waals surface area contributed by atoms with Crippen molar-refractivity contribution < 1.29 is 19.8 Å². The zero-order chi connectivity index (χ0) is 27.1. The van der Waals surface area contributed by atoms with Gasteiger partial charge >= 0.3 is 11.9 Å². The molecule has 0 aliphatic heterocycles. The van der Waals surface area contributed by atoms with Crippen molar-refractivity contribution in [2.75, 3.05) is 0 Å². The van der Waals surface area contributed by atoms with E-state index in [2.05, 4.69) is 20.8 Å². The Morgan fingerprint density at radius 2 is 0.722 bits per heavy atom. The van der Waals surface area contributed by atoms with Crippen molar-refractivity contribution in [1.82, 2.24) is 0 Å². The van der Waals surface area contributed by atoms with Crippen LogP contribution in [0.4, 0.5) is 0 Å². The molecule has 0 saturated heterocycles. The van der Waals surface area contributed by atoms with Crippen LogP contribution in [0.15, 0.2) is 0 Å². The van der Waals surface area contributed by atoms with E-state index in [1.807, 2.05) is 0 Å². The van der Waals surface area contributed by atoms with Crippen LogP contribution in [0.5, 0.6) is 0 Å². The molecule has 2 N–H and O–H groups in total. The Balaban J connectivity index is 0. The lowest BCUT2D eigenvalue weighted by Crippen LogP contribution is -2.13. The van der Waals surface area contributed by atoms with Crippen molar-refractivity contribution in [1.29, 1.82) is 0 Å². The first-order valence-corrected chi connectivity index (χ1v) is 15.9. The van der Waals surface area contributed by atoms with Crippen LogP contribution < -0.4 is 0 Å². The zero-order valence-corrected chi connectivity index (χ0v) is 24.7. The number of rotatable bonds is 27. The largest absolute Gasteiger partial charge is 0.481 e. The van der Waals surface area contributed by atoms with Crippen molar-refractivity contribution in [2.45, 2.75) is 188 Å². The molecular weight excluding hydrogens is 448 g/mol. The third-order valence-corrected chi connectivity index (χ3v) is 7.16. The monoisotopic (exact) mass is 512 g/mol. The lowest BCUT2D eigenvalue weighted by Gasteiger charge is -2.11. The minimum absolute atomic E-state index is 0.0898. The molecule has 36 heavy (non-hydrogen) atoms. The molecule has 0 aromatic rings. The molecule has 0 fully saturated rings. The number of carboxylic acid groups (broad SMARTS) is 2. The van der Waals surface area contributed by atoms with E-state index < -0.39 is 11.9 Å². The fourth-order valence-corrected chi connectivity index (χ4v) is 4.67. The molecule has 1 unspecified atom stereocenters. The number of carboxylic acids is 2. The maximum atomic E-state index is 11.1. The van der Waals surface area contributed by atoms with Gasteiger partial charge < -0.3 is 10.2 Å². The van der Waals surface area contributed by atoms with Gasteiger partial charge in [0.2, 0.25) is 0 Å². The number of hydrogen-bond acceptors (Lipinski definition) is 2. The number of aliphatic carboxylic acids is 2. The van der Waals surface area contributed by atoms with Gasteiger partial charge in [-0.3, -0.25) is 9.59 Å². The van der Waals surface area contributed by atoms with Crippen molar-refractivity contribution in [3.8, 4) is 0 Å². The molecule has 216 valence electrons. The summed E-state index contributed by atoms with van der Waals surface area (Å²) < 4.78 is 0. The highest BCUT2D eigenvalue weighted by Gasteiger charge is 2.16. The van der Waals surface area contributed by atoms with E-state index >= 15 is 0 Å². The molecule has 1 atom stereocenters. The molecule has 4 heteroatoms. The molecule has 0 heterocycles. The van der Waals surface area contributed by atoms with Gasteiger partial charge in [-0.05, 0) is 19.3 Å². The van der Waals surface area contributed by atoms with Crippen molar-refractivity contribution in [2.24, 2.45) is 5.92 Å². The van der Waals surface area contributed by atoms with Crippen molar-refractivity contribution in [3.63, 3.8) is 0 Å². The lowest BCUT2D eigenvalue weighted by molar-refractivity contribution is -0.142. The number of hydrogen-bond donors (Lipinski definition) is 2. The second kappa shape index (κ2) is 32.0. The highest BCUT2D eigenvalue weighted by molar-refractivity contribution is 5.69. The van der Waals surface area contributed by atoms with Gasteiger partial charge in [0.25, 0.3) is 0 Å². The number of carbonyl (C=O) groups is 2. The van der Waals surface area contributed by atoms with Crippen LogP contribution in [0.3, 0.4) is 0 Å². The lowest BCUT2D eigenvalue weighted by atomic mass is 9.94. The molecule has 0 spiro atoms. The molecule has 0 bridgehead atoms. The molecule has 0 aliphatic rings. The van der Waals surface area contributed by atoms with Crippen LogP contribution in [0.1, 0.15) is 188 Å². The first-order chi connectivity index (χ1) is 17.5. The fourth-order valence-electron chi connectivity index (χ4n) is 4.67. The molecular formula is C32H64O4. The second-order valence-electron chi connectivity index (χ2n) is 10.8. The van der Waals surface area contributed by atoms with Crippen LogP contribution in [0.2, 0.25) is 0 Å². The minimum Gasteiger partial charge on any atom is -0.481 e.